The highest BCUT2D eigenvalue weighted by atomic mass is 19.1. The Labute approximate surface area is 132 Å². The van der Waals surface area contributed by atoms with Crippen molar-refractivity contribution in [2.75, 3.05) is 5.32 Å². The molecule has 6 heteroatoms. The quantitative estimate of drug-likeness (QED) is 0.800. The summed E-state index contributed by atoms with van der Waals surface area (Å²) in [7, 11) is 0. The fourth-order valence-electron chi connectivity index (χ4n) is 2.10. The fraction of sp³-hybridized carbons (Fsp3) is 0.118. The van der Waals surface area contributed by atoms with E-state index in [2.05, 4.69) is 15.5 Å². The highest BCUT2D eigenvalue weighted by molar-refractivity contribution is 6.01. The molecule has 116 valence electrons. The van der Waals surface area contributed by atoms with E-state index in [0.29, 0.717) is 11.3 Å². The molecule has 0 bridgehead atoms. The van der Waals surface area contributed by atoms with Crippen LogP contribution in [0.5, 0.6) is 0 Å². The number of aromatic nitrogens is 2. The molecule has 0 saturated heterocycles. The predicted molar refractivity (Wildman–Crippen MR) is 83.6 cm³/mol. The van der Waals surface area contributed by atoms with E-state index in [1.807, 2.05) is 32.0 Å². The van der Waals surface area contributed by atoms with Crippen LogP contribution in [0.1, 0.15) is 21.8 Å². The maximum Gasteiger partial charge on any atom is 0.313 e. The molecule has 0 saturated carbocycles. The van der Waals surface area contributed by atoms with Crippen LogP contribution in [-0.2, 0) is 0 Å². The zero-order valence-corrected chi connectivity index (χ0v) is 12.6. The van der Waals surface area contributed by atoms with Gasteiger partial charge in [-0.2, -0.15) is 0 Å². The van der Waals surface area contributed by atoms with Crippen molar-refractivity contribution in [2.45, 2.75) is 13.8 Å². The highest BCUT2D eigenvalue weighted by Crippen LogP contribution is 2.20. The minimum Gasteiger partial charge on any atom is -0.412 e. The van der Waals surface area contributed by atoms with Crippen LogP contribution in [0.25, 0.3) is 11.5 Å². The molecule has 3 rings (SSSR count). The molecule has 1 aromatic heterocycles. The summed E-state index contributed by atoms with van der Waals surface area (Å²) in [6.07, 6.45) is 0. The Morgan fingerprint density at radius 1 is 1.13 bits per heavy atom. The van der Waals surface area contributed by atoms with Gasteiger partial charge in [-0.1, -0.05) is 18.2 Å². The van der Waals surface area contributed by atoms with Gasteiger partial charge >= 0.3 is 11.8 Å². The second kappa shape index (κ2) is 6.00. The van der Waals surface area contributed by atoms with E-state index < -0.39 is 11.7 Å². The van der Waals surface area contributed by atoms with Gasteiger partial charge in [-0.3, -0.25) is 4.79 Å². The standard InChI is InChI=1S/C17H14FN3O2/c1-10-6-7-11(2)14(8-10)19-15(22)17-21-20-16(23-17)12-4-3-5-13(18)9-12/h3-9H,1-2H3,(H,19,22). The van der Waals surface area contributed by atoms with Crippen LogP contribution in [0.3, 0.4) is 0 Å². The van der Waals surface area contributed by atoms with Gasteiger partial charge < -0.3 is 9.73 Å². The summed E-state index contributed by atoms with van der Waals surface area (Å²) in [6.45, 7) is 3.82. The number of carbonyl (C=O) groups is 1. The SMILES string of the molecule is Cc1ccc(C)c(NC(=O)c2nnc(-c3cccc(F)c3)o2)c1. The number of nitrogens with zero attached hydrogens (tertiary/aromatic N) is 2. The van der Waals surface area contributed by atoms with Crippen LogP contribution in [0, 0.1) is 19.7 Å². The lowest BCUT2D eigenvalue weighted by molar-refractivity contribution is 0.0990. The molecule has 0 aliphatic rings. The molecule has 0 unspecified atom stereocenters. The van der Waals surface area contributed by atoms with Crippen molar-refractivity contribution in [1.82, 2.24) is 10.2 Å². The number of nitrogens with one attached hydrogen (secondary N) is 1. The third-order valence-corrected chi connectivity index (χ3v) is 3.33. The van der Waals surface area contributed by atoms with E-state index in [-0.39, 0.29) is 11.8 Å². The van der Waals surface area contributed by atoms with Crippen molar-refractivity contribution in [3.05, 3.63) is 65.3 Å². The van der Waals surface area contributed by atoms with E-state index in [4.69, 9.17) is 4.42 Å². The smallest absolute Gasteiger partial charge is 0.313 e. The second-order valence-corrected chi connectivity index (χ2v) is 5.20. The van der Waals surface area contributed by atoms with Gasteiger partial charge in [0.15, 0.2) is 0 Å². The minimum atomic E-state index is -0.506. The molecule has 1 heterocycles. The monoisotopic (exact) mass is 311 g/mol. The molecule has 0 aliphatic heterocycles. The summed E-state index contributed by atoms with van der Waals surface area (Å²) in [4.78, 5) is 12.2. The van der Waals surface area contributed by atoms with Gasteiger partial charge in [0, 0.05) is 11.3 Å². The molecule has 3 aromatic rings. The highest BCUT2D eigenvalue weighted by Gasteiger charge is 2.17. The molecule has 1 amide bonds. The molecule has 23 heavy (non-hydrogen) atoms. The summed E-state index contributed by atoms with van der Waals surface area (Å²) in [5.74, 6) is -1.00. The normalized spacial score (nSPS) is 10.6. The lowest BCUT2D eigenvalue weighted by Crippen LogP contribution is -2.13. The number of aryl methyl sites for hydroxylation is 2. The zero-order valence-electron chi connectivity index (χ0n) is 12.6. The second-order valence-electron chi connectivity index (χ2n) is 5.20. The number of amides is 1. The average Bonchev–Trinajstić information content (AvgIpc) is 3.01. The Balaban J connectivity index is 1.82. The molecule has 0 atom stereocenters. The number of rotatable bonds is 3. The first-order chi connectivity index (χ1) is 11.0. The number of hydrogen-bond acceptors (Lipinski definition) is 4. The van der Waals surface area contributed by atoms with E-state index in [0.717, 1.165) is 11.1 Å². The summed E-state index contributed by atoms with van der Waals surface area (Å²) in [5, 5.41) is 10.2. The van der Waals surface area contributed by atoms with Crippen LogP contribution in [0.15, 0.2) is 46.9 Å². The number of carbonyl (C=O) groups excluding carboxylic acids is 1. The average molecular weight is 311 g/mol. The van der Waals surface area contributed by atoms with Gasteiger partial charge in [-0.25, -0.2) is 4.39 Å². The number of halogens is 1. The molecule has 1 N–H and O–H groups in total. The van der Waals surface area contributed by atoms with Crippen LogP contribution >= 0.6 is 0 Å². The molecule has 0 fully saturated rings. The summed E-state index contributed by atoms with van der Waals surface area (Å²) >= 11 is 0. The zero-order chi connectivity index (χ0) is 16.4. The first-order valence-electron chi connectivity index (χ1n) is 7.01. The van der Waals surface area contributed by atoms with E-state index >= 15 is 0 Å². The Hall–Kier alpha value is -3.02. The Morgan fingerprint density at radius 3 is 2.74 bits per heavy atom. The molecule has 5 nitrogen and oxygen atoms in total. The van der Waals surface area contributed by atoms with Gasteiger partial charge in [-0.15, -0.1) is 10.2 Å². The summed E-state index contributed by atoms with van der Waals surface area (Å²) in [6, 6.07) is 11.5. The first kappa shape index (κ1) is 14.9. The lowest BCUT2D eigenvalue weighted by Gasteiger charge is -2.07. The van der Waals surface area contributed by atoms with Gasteiger partial charge in [0.1, 0.15) is 5.82 Å². The third-order valence-electron chi connectivity index (χ3n) is 3.33. The van der Waals surface area contributed by atoms with Gasteiger partial charge in [0.05, 0.1) is 0 Å². The number of anilines is 1. The Morgan fingerprint density at radius 2 is 1.96 bits per heavy atom. The van der Waals surface area contributed by atoms with Crippen LogP contribution in [0.2, 0.25) is 0 Å². The fourth-order valence-corrected chi connectivity index (χ4v) is 2.10. The van der Waals surface area contributed by atoms with Crippen molar-refractivity contribution in [2.24, 2.45) is 0 Å². The van der Waals surface area contributed by atoms with E-state index in [1.54, 1.807) is 6.07 Å². The van der Waals surface area contributed by atoms with Crippen LogP contribution < -0.4 is 5.32 Å². The Bertz CT molecular complexity index is 874. The largest absolute Gasteiger partial charge is 0.412 e. The minimum absolute atomic E-state index is 0.0932. The molecular formula is C17H14FN3O2. The van der Waals surface area contributed by atoms with Crippen molar-refractivity contribution < 1.29 is 13.6 Å². The molecular weight excluding hydrogens is 297 g/mol. The first-order valence-corrected chi connectivity index (χ1v) is 7.01. The van der Waals surface area contributed by atoms with E-state index in [1.165, 1.54) is 18.2 Å². The van der Waals surface area contributed by atoms with Crippen molar-refractivity contribution >= 4 is 11.6 Å². The van der Waals surface area contributed by atoms with E-state index in [9.17, 15) is 9.18 Å². The van der Waals surface area contributed by atoms with Crippen molar-refractivity contribution in [1.29, 1.82) is 0 Å². The maximum absolute atomic E-state index is 13.2. The topological polar surface area (TPSA) is 68.0 Å². The maximum atomic E-state index is 13.2. The van der Waals surface area contributed by atoms with Gasteiger partial charge in [0.25, 0.3) is 0 Å². The predicted octanol–water partition coefficient (Wildman–Crippen LogP) is 3.74. The molecule has 0 spiro atoms. The van der Waals surface area contributed by atoms with Crippen LogP contribution in [0.4, 0.5) is 10.1 Å². The molecule has 0 aliphatic carbocycles. The molecule has 0 radical (unpaired) electrons. The van der Waals surface area contributed by atoms with Crippen molar-refractivity contribution in [3.8, 4) is 11.5 Å². The van der Waals surface area contributed by atoms with Gasteiger partial charge in [0.2, 0.25) is 5.89 Å². The van der Waals surface area contributed by atoms with Crippen LogP contribution in [-0.4, -0.2) is 16.1 Å². The summed E-state index contributed by atoms with van der Waals surface area (Å²) in [5.41, 5.74) is 3.05. The molecule has 2 aromatic carbocycles. The van der Waals surface area contributed by atoms with Gasteiger partial charge in [-0.05, 0) is 49.2 Å². The summed E-state index contributed by atoms with van der Waals surface area (Å²) < 4.78 is 18.5. The third kappa shape index (κ3) is 3.26. The van der Waals surface area contributed by atoms with Crippen molar-refractivity contribution in [3.63, 3.8) is 0 Å². The number of benzene rings is 2. The number of hydrogen-bond donors (Lipinski definition) is 1. The lowest BCUT2D eigenvalue weighted by atomic mass is 10.1. The Kier molecular flexibility index (Phi) is 3.89.